The Kier molecular flexibility index (Phi) is 12.5. The predicted octanol–water partition coefficient (Wildman–Crippen LogP) is -8.72. The second kappa shape index (κ2) is 15.3. The molecule has 0 bridgehead atoms. The SMILES string of the molecule is CC(=O)NC[C@H]1O[C@H](OC2[C@@H](O)[C@H](O[C@@H]3[C@@H](O)[C@H](N)C[C@H](N)[C@H]3O[C@H]3O[C@H](CN)[C@@H](O)[C@H](O)[C@H]3N)O[C@@H]2CO)[C@H](N)[C@@H](O)[C@@H]1O. The fourth-order valence-corrected chi connectivity index (χ4v) is 5.96. The second-order valence-corrected chi connectivity index (χ2v) is 11.9. The van der Waals surface area contributed by atoms with E-state index in [0.717, 1.165) is 0 Å². The van der Waals surface area contributed by atoms with Crippen LogP contribution in [0, 0.1) is 0 Å². The van der Waals surface area contributed by atoms with Crippen molar-refractivity contribution in [1.82, 2.24) is 5.32 Å². The molecule has 3 heterocycles. The number of nitrogens with two attached hydrogens (primary N) is 5. The normalized spacial score (nSPS) is 50.8. The maximum absolute atomic E-state index is 11.4. The molecule has 19 atom stereocenters. The summed E-state index contributed by atoms with van der Waals surface area (Å²) in [5, 5.41) is 76.1. The van der Waals surface area contributed by atoms with E-state index < -0.39 is 129 Å². The van der Waals surface area contributed by atoms with Crippen molar-refractivity contribution in [2.75, 3.05) is 19.7 Å². The molecular weight excluding hydrogens is 608 g/mol. The van der Waals surface area contributed by atoms with Crippen molar-refractivity contribution in [2.24, 2.45) is 28.7 Å². The van der Waals surface area contributed by atoms with Gasteiger partial charge in [0, 0.05) is 32.1 Å². The molecular formula is C25H48N6O14. The number of amides is 1. The van der Waals surface area contributed by atoms with Gasteiger partial charge in [0.1, 0.15) is 67.1 Å². The molecule has 0 aromatic carbocycles. The van der Waals surface area contributed by atoms with Gasteiger partial charge in [0.15, 0.2) is 18.9 Å². The summed E-state index contributed by atoms with van der Waals surface area (Å²) >= 11 is 0. The largest absolute Gasteiger partial charge is 0.394 e. The minimum Gasteiger partial charge on any atom is -0.394 e. The van der Waals surface area contributed by atoms with Gasteiger partial charge in [-0.2, -0.15) is 0 Å². The molecule has 0 spiro atoms. The van der Waals surface area contributed by atoms with E-state index in [-0.39, 0.29) is 19.5 Å². The summed E-state index contributed by atoms with van der Waals surface area (Å²) in [5.41, 5.74) is 30.1. The number of ether oxygens (including phenoxy) is 6. The number of carbonyl (C=O) groups excluding carboxylic acids is 1. The van der Waals surface area contributed by atoms with Gasteiger partial charge in [-0.15, -0.1) is 0 Å². The molecule has 18 N–H and O–H groups in total. The van der Waals surface area contributed by atoms with E-state index in [9.17, 15) is 40.5 Å². The summed E-state index contributed by atoms with van der Waals surface area (Å²) in [6.45, 7) is 0.223. The average molecular weight is 657 g/mol. The first-order valence-electron chi connectivity index (χ1n) is 14.8. The number of rotatable bonds is 10. The molecule has 1 unspecified atom stereocenters. The third kappa shape index (κ3) is 7.74. The highest BCUT2D eigenvalue weighted by molar-refractivity contribution is 5.72. The Balaban J connectivity index is 1.49. The summed E-state index contributed by atoms with van der Waals surface area (Å²) in [6.07, 6.45) is -20.5. The molecule has 0 aromatic rings. The molecule has 20 nitrogen and oxygen atoms in total. The van der Waals surface area contributed by atoms with Crippen LogP contribution in [0.2, 0.25) is 0 Å². The molecule has 3 saturated heterocycles. The summed E-state index contributed by atoms with van der Waals surface area (Å²) in [4.78, 5) is 11.4. The van der Waals surface area contributed by atoms with Gasteiger partial charge in [-0.05, 0) is 6.42 Å². The number of carbonyl (C=O) groups is 1. The van der Waals surface area contributed by atoms with Gasteiger partial charge in [-0.3, -0.25) is 4.79 Å². The molecule has 0 radical (unpaired) electrons. The topological polar surface area (TPSA) is 356 Å². The van der Waals surface area contributed by atoms with Crippen molar-refractivity contribution >= 4 is 5.91 Å². The molecule has 3 aliphatic heterocycles. The molecule has 1 saturated carbocycles. The molecule has 20 heteroatoms. The van der Waals surface area contributed by atoms with Crippen LogP contribution in [-0.4, -0.2) is 178 Å². The minimum absolute atomic E-state index is 0.0724. The van der Waals surface area contributed by atoms with Gasteiger partial charge in [0.05, 0.1) is 24.8 Å². The van der Waals surface area contributed by atoms with E-state index in [2.05, 4.69) is 5.32 Å². The van der Waals surface area contributed by atoms with Crippen molar-refractivity contribution < 1.29 is 69.0 Å². The lowest BCUT2D eigenvalue weighted by molar-refractivity contribution is -0.306. The first kappa shape index (κ1) is 36.6. The van der Waals surface area contributed by atoms with E-state index in [1.165, 1.54) is 6.92 Å². The van der Waals surface area contributed by atoms with E-state index in [0.29, 0.717) is 0 Å². The maximum Gasteiger partial charge on any atom is 0.216 e. The van der Waals surface area contributed by atoms with Crippen LogP contribution in [0.4, 0.5) is 0 Å². The fraction of sp³-hybridized carbons (Fsp3) is 0.960. The highest BCUT2D eigenvalue weighted by Crippen LogP contribution is 2.34. The van der Waals surface area contributed by atoms with Crippen molar-refractivity contribution in [3.8, 4) is 0 Å². The second-order valence-electron chi connectivity index (χ2n) is 11.9. The maximum atomic E-state index is 11.4. The molecule has 1 amide bonds. The predicted molar refractivity (Wildman–Crippen MR) is 148 cm³/mol. The number of hydrogen-bond acceptors (Lipinski definition) is 19. The van der Waals surface area contributed by atoms with Crippen LogP contribution in [0.25, 0.3) is 0 Å². The monoisotopic (exact) mass is 656 g/mol. The van der Waals surface area contributed by atoms with Gasteiger partial charge in [-0.1, -0.05) is 0 Å². The summed E-state index contributed by atoms with van der Waals surface area (Å²) in [7, 11) is 0. The summed E-state index contributed by atoms with van der Waals surface area (Å²) < 4.78 is 34.9. The molecule has 4 rings (SSSR count). The Morgan fingerprint density at radius 2 is 1.20 bits per heavy atom. The first-order valence-corrected chi connectivity index (χ1v) is 14.8. The zero-order chi connectivity index (χ0) is 33.3. The highest BCUT2D eigenvalue weighted by Gasteiger charge is 2.54. The minimum atomic E-state index is -1.65. The number of aliphatic hydroxyl groups is 7. The number of hydrogen-bond donors (Lipinski definition) is 13. The highest BCUT2D eigenvalue weighted by atomic mass is 16.8. The van der Waals surface area contributed by atoms with E-state index >= 15 is 0 Å². The van der Waals surface area contributed by atoms with Crippen LogP contribution >= 0.6 is 0 Å². The molecule has 0 aromatic heterocycles. The van der Waals surface area contributed by atoms with Gasteiger partial charge < -0.3 is 98.2 Å². The van der Waals surface area contributed by atoms with Crippen molar-refractivity contribution in [2.45, 2.75) is 130 Å². The molecule has 4 fully saturated rings. The molecule has 262 valence electrons. The van der Waals surface area contributed by atoms with Crippen molar-refractivity contribution in [3.63, 3.8) is 0 Å². The lowest BCUT2D eigenvalue weighted by atomic mass is 9.84. The Labute approximate surface area is 258 Å². The first-order chi connectivity index (χ1) is 21.2. The molecule has 1 aliphatic carbocycles. The van der Waals surface area contributed by atoms with Crippen LogP contribution in [0.5, 0.6) is 0 Å². The van der Waals surface area contributed by atoms with E-state index in [1.807, 2.05) is 0 Å². The van der Waals surface area contributed by atoms with E-state index in [4.69, 9.17) is 57.1 Å². The van der Waals surface area contributed by atoms with Crippen LogP contribution in [0.15, 0.2) is 0 Å². The van der Waals surface area contributed by atoms with Crippen LogP contribution < -0.4 is 34.0 Å². The number of aliphatic hydroxyl groups excluding tert-OH is 7. The quantitative estimate of drug-likeness (QED) is 0.104. The average Bonchev–Trinajstić information content (AvgIpc) is 3.30. The Morgan fingerprint density at radius 3 is 1.76 bits per heavy atom. The lowest BCUT2D eigenvalue weighted by Gasteiger charge is -2.47. The standard InChI is InChI=1S/C25H48N6O14/c1-6(33)31-4-10-16(36)18(38)13(30)24(41-10)44-21-11(5-32)42-25(19(21)39)45-22-14(34)7(27)2-8(28)20(22)43-23-12(29)17(37)15(35)9(3-26)40-23/h7-25,32,34-39H,2-5,26-30H2,1H3,(H,31,33)/t7-,8+,9-,10-,11-,12-,13-,14+,15-,16-,17-,18-,19-,20-,21?,22-,23-,24-,25+/m1/s1. The zero-order valence-electron chi connectivity index (χ0n) is 24.7. The third-order valence-electron chi connectivity index (χ3n) is 8.69. The number of nitrogens with one attached hydrogen (secondary N) is 1. The van der Waals surface area contributed by atoms with Gasteiger partial charge in [-0.25, -0.2) is 0 Å². The Bertz CT molecular complexity index is 975. The van der Waals surface area contributed by atoms with Crippen LogP contribution in [0.3, 0.4) is 0 Å². The van der Waals surface area contributed by atoms with E-state index in [1.54, 1.807) is 0 Å². The van der Waals surface area contributed by atoms with Crippen molar-refractivity contribution in [1.29, 1.82) is 0 Å². The van der Waals surface area contributed by atoms with Gasteiger partial charge in [0.25, 0.3) is 0 Å². The Morgan fingerprint density at radius 1 is 0.689 bits per heavy atom. The smallest absolute Gasteiger partial charge is 0.216 e. The van der Waals surface area contributed by atoms with Crippen LogP contribution in [0.1, 0.15) is 13.3 Å². The fourth-order valence-electron chi connectivity index (χ4n) is 5.96. The summed E-state index contributed by atoms with van der Waals surface area (Å²) in [6, 6.07) is -4.31. The van der Waals surface area contributed by atoms with Gasteiger partial charge in [0.2, 0.25) is 5.91 Å². The molecule has 4 aliphatic rings. The van der Waals surface area contributed by atoms with Gasteiger partial charge >= 0.3 is 0 Å². The third-order valence-corrected chi connectivity index (χ3v) is 8.69. The molecule has 45 heavy (non-hydrogen) atoms. The summed E-state index contributed by atoms with van der Waals surface area (Å²) in [5.74, 6) is -0.413. The van der Waals surface area contributed by atoms with Crippen molar-refractivity contribution in [3.05, 3.63) is 0 Å². The van der Waals surface area contributed by atoms with Crippen LogP contribution in [-0.2, 0) is 33.2 Å². The lowest BCUT2D eigenvalue weighted by Crippen LogP contribution is -2.68. The zero-order valence-corrected chi connectivity index (χ0v) is 24.7. The Hall–Kier alpha value is -1.25.